The lowest BCUT2D eigenvalue weighted by Gasteiger charge is -2.09. The minimum absolute atomic E-state index is 0.855. The second-order valence-corrected chi connectivity index (χ2v) is 4.25. The second kappa shape index (κ2) is 4.50. The summed E-state index contributed by atoms with van der Waals surface area (Å²) in [5.74, 6) is 0.855. The van der Waals surface area contributed by atoms with Gasteiger partial charge < -0.3 is 5.32 Å². The van der Waals surface area contributed by atoms with Crippen molar-refractivity contribution in [2.24, 2.45) is 5.92 Å². The number of allylic oxidation sites excluding steroid dienone is 4. The number of likely N-dealkylation sites (N-methyl/N-ethyl adjacent to an activating group) is 1. The van der Waals surface area contributed by atoms with Crippen LogP contribution in [-0.2, 0) is 0 Å². The highest BCUT2D eigenvalue weighted by molar-refractivity contribution is 5.37. The fourth-order valence-corrected chi connectivity index (χ4v) is 1.82. The molecule has 1 aliphatic carbocycles. The maximum atomic E-state index is 3.97. The highest BCUT2D eigenvalue weighted by atomic mass is 14.8. The summed E-state index contributed by atoms with van der Waals surface area (Å²) in [6, 6.07) is 0. The zero-order chi connectivity index (χ0) is 10.7. The molecule has 1 aliphatic rings. The van der Waals surface area contributed by atoms with E-state index in [0.717, 1.165) is 11.5 Å². The minimum Gasteiger partial charge on any atom is -0.388 e. The van der Waals surface area contributed by atoms with Crippen LogP contribution in [0, 0.1) is 5.92 Å². The monoisotopic (exact) mass is 191 g/mol. The molecule has 1 nitrogen and oxygen atoms in total. The van der Waals surface area contributed by atoms with Crippen molar-refractivity contribution in [3.8, 4) is 0 Å². The van der Waals surface area contributed by atoms with Crippen LogP contribution in [0.1, 0.15) is 33.6 Å². The van der Waals surface area contributed by atoms with Gasteiger partial charge in [0.1, 0.15) is 0 Å². The summed E-state index contributed by atoms with van der Waals surface area (Å²) in [7, 11) is 1.95. The van der Waals surface area contributed by atoms with Gasteiger partial charge in [0.2, 0.25) is 0 Å². The molecule has 14 heavy (non-hydrogen) atoms. The van der Waals surface area contributed by atoms with E-state index >= 15 is 0 Å². The van der Waals surface area contributed by atoms with E-state index in [0.29, 0.717) is 0 Å². The van der Waals surface area contributed by atoms with Crippen molar-refractivity contribution in [2.45, 2.75) is 33.6 Å². The molecule has 0 aromatic heterocycles. The van der Waals surface area contributed by atoms with Crippen LogP contribution in [0.4, 0.5) is 0 Å². The van der Waals surface area contributed by atoms with Crippen molar-refractivity contribution in [1.82, 2.24) is 5.32 Å². The molecule has 0 heterocycles. The Hall–Kier alpha value is -0.980. The predicted octanol–water partition coefficient (Wildman–Crippen LogP) is 3.41. The van der Waals surface area contributed by atoms with Gasteiger partial charge in [-0.25, -0.2) is 0 Å². The predicted molar refractivity (Wildman–Crippen MR) is 63.1 cm³/mol. The minimum atomic E-state index is 0.855. The molecule has 0 bridgehead atoms. The largest absolute Gasteiger partial charge is 0.388 e. The molecule has 0 aromatic rings. The van der Waals surface area contributed by atoms with Gasteiger partial charge in [-0.2, -0.15) is 0 Å². The average molecular weight is 191 g/mol. The second-order valence-electron chi connectivity index (χ2n) is 4.25. The topological polar surface area (TPSA) is 12.0 Å². The number of nitrogens with one attached hydrogen (secondary N) is 1. The van der Waals surface area contributed by atoms with Crippen LogP contribution in [0.2, 0.25) is 0 Å². The van der Waals surface area contributed by atoms with Gasteiger partial charge in [-0.3, -0.25) is 0 Å². The first kappa shape index (κ1) is 11.1. The molecule has 1 fully saturated rings. The van der Waals surface area contributed by atoms with E-state index in [1.54, 1.807) is 0 Å². The zero-order valence-electron chi connectivity index (χ0n) is 9.78. The Bertz CT molecular complexity index is 290. The molecule has 1 N–H and O–H groups in total. The molecule has 0 aromatic carbocycles. The quantitative estimate of drug-likeness (QED) is 0.671. The van der Waals surface area contributed by atoms with Gasteiger partial charge in [0, 0.05) is 12.7 Å². The van der Waals surface area contributed by atoms with Gasteiger partial charge in [-0.1, -0.05) is 18.2 Å². The van der Waals surface area contributed by atoms with Crippen molar-refractivity contribution in [3.05, 3.63) is 35.1 Å². The lowest BCUT2D eigenvalue weighted by molar-refractivity contribution is 0.965. The fraction of sp³-hybridized carbons (Fsp3) is 0.538. The Morgan fingerprint density at radius 2 is 1.86 bits per heavy atom. The Balaban J connectivity index is 2.83. The van der Waals surface area contributed by atoms with Crippen molar-refractivity contribution in [2.75, 3.05) is 7.05 Å². The summed E-state index contributed by atoms with van der Waals surface area (Å²) in [5.41, 5.74) is 5.08. The molecule has 78 valence electrons. The molecule has 1 heteroatoms. The Morgan fingerprint density at radius 3 is 2.21 bits per heavy atom. The smallest absolute Gasteiger partial charge is 0.0391 e. The molecule has 1 saturated carbocycles. The van der Waals surface area contributed by atoms with Crippen LogP contribution in [0.3, 0.4) is 0 Å². The Labute approximate surface area is 87.6 Å². The zero-order valence-corrected chi connectivity index (χ0v) is 9.78. The van der Waals surface area contributed by atoms with Gasteiger partial charge in [-0.15, -0.1) is 0 Å². The Kier molecular flexibility index (Phi) is 3.56. The number of rotatable bonds is 4. The standard InChI is InChI=1S/C13H21N/c1-9(2)13(14-5)11(4)8-10(3)12-6-7-12/h8,12,14H,1,6-7H2,2-5H3/b10-8-,13-11+. The maximum absolute atomic E-state index is 3.97. The summed E-state index contributed by atoms with van der Waals surface area (Å²) >= 11 is 0. The number of hydrogen-bond donors (Lipinski definition) is 1. The van der Waals surface area contributed by atoms with E-state index in [-0.39, 0.29) is 0 Å². The van der Waals surface area contributed by atoms with Crippen LogP contribution in [-0.4, -0.2) is 7.05 Å². The summed E-state index contributed by atoms with van der Waals surface area (Å²) in [6.07, 6.45) is 5.04. The van der Waals surface area contributed by atoms with Gasteiger partial charge >= 0.3 is 0 Å². The van der Waals surface area contributed by atoms with Crippen molar-refractivity contribution >= 4 is 0 Å². The molecular formula is C13H21N. The highest BCUT2D eigenvalue weighted by Gasteiger charge is 2.22. The first-order valence-corrected chi connectivity index (χ1v) is 5.29. The van der Waals surface area contributed by atoms with Gasteiger partial charge in [-0.05, 0) is 50.7 Å². The SMILES string of the molecule is C=C(C)/C(NC)=C(C)\C=C(\C)C1CC1. The molecule has 0 spiro atoms. The lowest BCUT2D eigenvalue weighted by atomic mass is 10.1. The molecule has 1 rings (SSSR count). The first-order valence-electron chi connectivity index (χ1n) is 5.29. The number of hydrogen-bond acceptors (Lipinski definition) is 1. The van der Waals surface area contributed by atoms with E-state index < -0.39 is 0 Å². The van der Waals surface area contributed by atoms with Crippen LogP contribution in [0.5, 0.6) is 0 Å². The maximum Gasteiger partial charge on any atom is 0.0391 e. The molecule has 0 amide bonds. The molecule has 0 atom stereocenters. The van der Waals surface area contributed by atoms with E-state index in [2.05, 4.69) is 31.8 Å². The average Bonchev–Trinajstić information content (AvgIpc) is 2.85. The Morgan fingerprint density at radius 1 is 1.29 bits per heavy atom. The van der Waals surface area contributed by atoms with Crippen molar-refractivity contribution in [3.63, 3.8) is 0 Å². The molecule has 0 saturated heterocycles. The highest BCUT2D eigenvalue weighted by Crippen LogP contribution is 2.36. The van der Waals surface area contributed by atoms with Gasteiger partial charge in [0.15, 0.2) is 0 Å². The van der Waals surface area contributed by atoms with Crippen molar-refractivity contribution < 1.29 is 0 Å². The van der Waals surface area contributed by atoms with E-state index in [1.807, 2.05) is 14.0 Å². The summed E-state index contributed by atoms with van der Waals surface area (Å²) in [5, 5.41) is 3.20. The van der Waals surface area contributed by atoms with Crippen LogP contribution in [0.15, 0.2) is 35.1 Å². The van der Waals surface area contributed by atoms with Gasteiger partial charge in [0.05, 0.1) is 0 Å². The third kappa shape index (κ3) is 2.76. The summed E-state index contributed by atoms with van der Waals surface area (Å²) in [6.45, 7) is 10.4. The summed E-state index contributed by atoms with van der Waals surface area (Å²) in [4.78, 5) is 0. The van der Waals surface area contributed by atoms with E-state index in [4.69, 9.17) is 0 Å². The fourth-order valence-electron chi connectivity index (χ4n) is 1.82. The lowest BCUT2D eigenvalue weighted by Crippen LogP contribution is -2.08. The normalized spacial score (nSPS) is 19.0. The van der Waals surface area contributed by atoms with E-state index in [1.165, 1.54) is 29.7 Å². The van der Waals surface area contributed by atoms with Crippen LogP contribution >= 0.6 is 0 Å². The third-order valence-corrected chi connectivity index (χ3v) is 2.74. The molecular weight excluding hydrogens is 170 g/mol. The van der Waals surface area contributed by atoms with E-state index in [9.17, 15) is 0 Å². The van der Waals surface area contributed by atoms with Crippen LogP contribution < -0.4 is 5.32 Å². The van der Waals surface area contributed by atoms with Crippen LogP contribution in [0.25, 0.3) is 0 Å². The molecule has 0 unspecified atom stereocenters. The first-order chi connectivity index (χ1) is 6.56. The van der Waals surface area contributed by atoms with Crippen molar-refractivity contribution in [1.29, 1.82) is 0 Å². The third-order valence-electron chi connectivity index (χ3n) is 2.74. The molecule has 0 radical (unpaired) electrons. The van der Waals surface area contributed by atoms with Gasteiger partial charge in [0.25, 0.3) is 0 Å². The molecule has 0 aliphatic heterocycles. The summed E-state index contributed by atoms with van der Waals surface area (Å²) < 4.78 is 0.